The monoisotopic (exact) mass is 625 g/mol. The van der Waals surface area contributed by atoms with Crippen molar-refractivity contribution in [2.75, 3.05) is 5.75 Å². The molecule has 5 heterocycles. The number of H-pyrrole nitrogens is 1. The van der Waals surface area contributed by atoms with Crippen molar-refractivity contribution >= 4 is 35.7 Å². The van der Waals surface area contributed by atoms with Gasteiger partial charge in [0.2, 0.25) is 5.91 Å². The summed E-state index contributed by atoms with van der Waals surface area (Å²) in [5.41, 5.74) is 9.55. The van der Waals surface area contributed by atoms with Crippen LogP contribution in [0.3, 0.4) is 0 Å². The fourth-order valence-corrected chi connectivity index (χ4v) is 8.04. The molecule has 238 valence electrons. The van der Waals surface area contributed by atoms with Crippen molar-refractivity contribution in [2.45, 2.75) is 103 Å². The van der Waals surface area contributed by atoms with Crippen molar-refractivity contribution in [2.24, 2.45) is 5.92 Å². The molecule has 0 spiro atoms. The third-order valence-electron chi connectivity index (χ3n) is 9.87. The van der Waals surface area contributed by atoms with Gasteiger partial charge in [0, 0.05) is 65.5 Å². The highest BCUT2D eigenvalue weighted by atomic mass is 32.2. The molecule has 1 fully saturated rings. The molecule has 44 heavy (non-hydrogen) atoms. The summed E-state index contributed by atoms with van der Waals surface area (Å²) in [6.07, 6.45) is 4.78. The number of aliphatic hydroxyl groups is 1. The summed E-state index contributed by atoms with van der Waals surface area (Å²) < 4.78 is 0. The highest BCUT2D eigenvalue weighted by Gasteiger charge is 2.47. The number of hydrogen-bond donors (Lipinski definition) is 7. The van der Waals surface area contributed by atoms with Gasteiger partial charge in [-0.25, -0.2) is 0 Å². The lowest BCUT2D eigenvalue weighted by Crippen LogP contribution is -2.36. The second-order valence-electron chi connectivity index (χ2n) is 12.5. The summed E-state index contributed by atoms with van der Waals surface area (Å²) in [7, 11) is 0. The lowest BCUT2D eigenvalue weighted by molar-refractivity contribution is -0.138. The summed E-state index contributed by atoms with van der Waals surface area (Å²) in [5, 5.41) is 39.9. The predicted molar refractivity (Wildman–Crippen MR) is 172 cm³/mol. The van der Waals surface area contributed by atoms with Crippen LogP contribution in [0.25, 0.3) is 6.08 Å². The van der Waals surface area contributed by atoms with E-state index in [1.807, 2.05) is 33.8 Å². The van der Waals surface area contributed by atoms with E-state index in [1.165, 1.54) is 17.3 Å². The molecule has 0 aliphatic carbocycles. The number of allylic oxidation sites excluding steroid dienone is 1. The van der Waals surface area contributed by atoms with E-state index in [9.17, 15) is 29.7 Å². The Morgan fingerprint density at radius 2 is 1.70 bits per heavy atom. The lowest BCUT2D eigenvalue weighted by Gasteiger charge is -2.23. The third-order valence-corrected chi connectivity index (χ3v) is 10.9. The number of aromatic nitrogens is 1. The van der Waals surface area contributed by atoms with Crippen LogP contribution in [0.4, 0.5) is 0 Å². The summed E-state index contributed by atoms with van der Waals surface area (Å²) >= 11 is 1.35. The van der Waals surface area contributed by atoms with Gasteiger partial charge in [0.05, 0.1) is 6.04 Å². The number of thiol groups is 1. The smallest absolute Gasteiger partial charge is 0.303 e. The summed E-state index contributed by atoms with van der Waals surface area (Å²) in [4.78, 5) is 39.3. The molecule has 11 heteroatoms. The normalized spacial score (nSPS) is 27.3. The van der Waals surface area contributed by atoms with Crippen molar-refractivity contribution in [3.05, 3.63) is 62.0 Å². The summed E-state index contributed by atoms with van der Waals surface area (Å²) in [5.74, 6) is -0.248. The molecule has 10 nitrogen and oxygen atoms in total. The molecule has 2 unspecified atom stereocenters. The molecule has 1 aromatic rings. The number of carboxylic acid groups (broad SMARTS) is 2. The van der Waals surface area contributed by atoms with E-state index in [2.05, 4.69) is 27.9 Å². The number of rotatable bonds is 13. The van der Waals surface area contributed by atoms with Crippen LogP contribution in [0.1, 0.15) is 82.3 Å². The zero-order valence-electron chi connectivity index (χ0n) is 26.1. The molecule has 1 amide bonds. The highest BCUT2D eigenvalue weighted by molar-refractivity contribution is 7.87. The molecule has 0 radical (unpaired) electrons. The second kappa shape index (κ2) is 12.8. The third kappa shape index (κ3) is 6.43. The molecule has 5 atom stereocenters. The number of carbonyl (C=O) groups excluding carboxylic acids is 1. The molecular weight excluding hydrogens is 580 g/mol. The Morgan fingerprint density at radius 3 is 2.32 bits per heavy atom. The first-order chi connectivity index (χ1) is 20.9. The number of carbonyl (C=O) groups is 3. The molecule has 0 aromatic carbocycles. The highest BCUT2D eigenvalue weighted by Crippen LogP contribution is 2.37. The molecule has 5 rings (SSSR count). The van der Waals surface area contributed by atoms with E-state index in [4.69, 9.17) is 0 Å². The Labute approximate surface area is 262 Å². The first-order valence-electron chi connectivity index (χ1n) is 15.6. The van der Waals surface area contributed by atoms with E-state index < -0.39 is 11.9 Å². The van der Waals surface area contributed by atoms with Gasteiger partial charge < -0.3 is 36.3 Å². The van der Waals surface area contributed by atoms with Gasteiger partial charge in [-0.05, 0) is 92.1 Å². The Hall–Kier alpha value is -3.60. The molecule has 0 bridgehead atoms. The molecule has 4 aliphatic heterocycles. The van der Waals surface area contributed by atoms with Gasteiger partial charge in [-0.2, -0.15) is 0 Å². The summed E-state index contributed by atoms with van der Waals surface area (Å²) in [6.45, 7) is 10.1. The minimum Gasteiger partial charge on any atom is -0.495 e. The Bertz CT molecular complexity index is 1500. The van der Waals surface area contributed by atoms with Gasteiger partial charge in [-0.1, -0.05) is 13.8 Å². The quantitative estimate of drug-likeness (QED) is 0.0994. The Balaban J connectivity index is 1.46. The predicted octanol–water partition coefficient (Wildman–Crippen LogP) is 3.57. The number of nitrogens with one attached hydrogen (secondary N) is 4. The maximum absolute atomic E-state index is 12.6. The molecule has 0 saturated carbocycles. The van der Waals surface area contributed by atoms with Crippen molar-refractivity contribution < 1.29 is 29.7 Å². The van der Waals surface area contributed by atoms with E-state index in [0.29, 0.717) is 30.9 Å². The number of amides is 1. The van der Waals surface area contributed by atoms with Crippen LogP contribution in [0, 0.1) is 12.8 Å². The lowest BCUT2D eigenvalue weighted by atomic mass is 9.89. The average Bonchev–Trinajstić information content (AvgIpc) is 3.53. The standard InChI is InChI=1S/C33H44N4O6S/c1-6-19-15(2)24(36-33(19)43)11-22-16(3)20(7-9-29(38)39)25(34-22)13-26-21(8-10-30(40)41)17(4)23(35-26)12-27-31(28-14-44-28)18(5)32(42)37-27/h13,15,22,24,27-28,34-36,43H,6-12,14H2,1-5H3,(H,37,42)(H,38,39)(H,40,41)/p+1/b25-13-/t15?,22?,24-,27+,28+/m1/s1. The van der Waals surface area contributed by atoms with Crippen LogP contribution in [-0.2, 0) is 39.0 Å². The summed E-state index contributed by atoms with van der Waals surface area (Å²) in [6, 6.07) is -0.0935. The number of aliphatic hydroxyl groups excluding tert-OH is 1. The van der Waals surface area contributed by atoms with Crippen molar-refractivity contribution in [1.82, 2.24) is 20.9 Å². The first kappa shape index (κ1) is 31.8. The van der Waals surface area contributed by atoms with Gasteiger partial charge >= 0.3 is 11.9 Å². The maximum atomic E-state index is 12.6. The van der Waals surface area contributed by atoms with E-state index in [0.717, 1.165) is 62.7 Å². The largest absolute Gasteiger partial charge is 0.495 e. The first-order valence-corrected chi connectivity index (χ1v) is 16.7. The fourth-order valence-electron chi connectivity index (χ4n) is 7.17. The topological polar surface area (TPSA) is 164 Å². The SMILES string of the molecule is CCC1=C(O)N[C@H](CC2N/C(=C\c3[nH]c(C[C@@H]4NC(=O)C(C)=C4[C@@H]4C[SH+]4)c(C)c3CCC(=O)O)C(CCC(=O)O)=C2C)C1C. The van der Waals surface area contributed by atoms with Crippen LogP contribution in [0.5, 0.6) is 0 Å². The van der Waals surface area contributed by atoms with Crippen molar-refractivity contribution in [3.63, 3.8) is 0 Å². The Morgan fingerprint density at radius 1 is 1.02 bits per heavy atom. The number of aromatic amines is 1. The van der Waals surface area contributed by atoms with E-state index in [1.54, 1.807) is 0 Å². The van der Waals surface area contributed by atoms with Gasteiger partial charge in [0.1, 0.15) is 0 Å². The van der Waals surface area contributed by atoms with Crippen molar-refractivity contribution in [1.29, 1.82) is 0 Å². The van der Waals surface area contributed by atoms with E-state index in [-0.39, 0.29) is 48.7 Å². The molecular formula is C33H45N4O6S+. The molecule has 1 aromatic heterocycles. The van der Waals surface area contributed by atoms with Gasteiger partial charge in [0.15, 0.2) is 16.9 Å². The number of carboxylic acids is 2. The zero-order valence-corrected chi connectivity index (χ0v) is 27.0. The van der Waals surface area contributed by atoms with Crippen LogP contribution >= 0.6 is 0 Å². The minimum atomic E-state index is -0.874. The maximum Gasteiger partial charge on any atom is 0.303 e. The zero-order chi connectivity index (χ0) is 31.9. The van der Waals surface area contributed by atoms with Crippen molar-refractivity contribution in [3.8, 4) is 0 Å². The molecule has 4 aliphatic rings. The number of aliphatic carboxylic acids is 2. The van der Waals surface area contributed by atoms with Crippen LogP contribution in [-0.4, -0.2) is 67.3 Å². The van der Waals surface area contributed by atoms with Crippen LogP contribution in [0.15, 0.2) is 39.4 Å². The van der Waals surface area contributed by atoms with Crippen LogP contribution < -0.4 is 16.0 Å². The number of hydrogen-bond acceptors (Lipinski definition) is 6. The van der Waals surface area contributed by atoms with Gasteiger partial charge in [-0.15, -0.1) is 0 Å². The Kier molecular flexibility index (Phi) is 9.25. The fraction of sp³-hybridized carbons (Fsp3) is 0.545. The van der Waals surface area contributed by atoms with E-state index >= 15 is 0 Å². The molecule has 7 N–H and O–H groups in total. The average molecular weight is 626 g/mol. The van der Waals surface area contributed by atoms with Crippen LogP contribution in [0.2, 0.25) is 0 Å². The molecule has 1 saturated heterocycles. The minimum absolute atomic E-state index is 0.00393. The van der Waals surface area contributed by atoms with Gasteiger partial charge in [-0.3, -0.25) is 14.4 Å². The second-order valence-corrected chi connectivity index (χ2v) is 13.9. The van der Waals surface area contributed by atoms with Gasteiger partial charge in [0.25, 0.3) is 0 Å².